The highest BCUT2D eigenvalue weighted by Crippen LogP contribution is 2.04. The predicted molar refractivity (Wildman–Crippen MR) is 54.3 cm³/mol. The molecular weight excluding hydrogens is 162 g/mol. The number of nitrogens with two attached hydrogens (primary N) is 1. The molecule has 0 bridgehead atoms. The summed E-state index contributed by atoms with van der Waals surface area (Å²) in [4.78, 5) is 0. The summed E-state index contributed by atoms with van der Waals surface area (Å²) in [5.74, 6) is 0. The Balaban J connectivity index is 2.34. The van der Waals surface area contributed by atoms with Crippen molar-refractivity contribution in [2.75, 3.05) is 0 Å². The van der Waals surface area contributed by atoms with Crippen molar-refractivity contribution in [2.24, 2.45) is 12.8 Å². The van der Waals surface area contributed by atoms with Crippen LogP contribution >= 0.6 is 0 Å². The lowest BCUT2D eigenvalue weighted by molar-refractivity contribution is 0.594. The maximum Gasteiger partial charge on any atom is 0.0492 e. The van der Waals surface area contributed by atoms with Gasteiger partial charge in [0.15, 0.2) is 0 Å². The van der Waals surface area contributed by atoms with Gasteiger partial charge in [-0.25, -0.2) is 0 Å². The Morgan fingerprint density at radius 1 is 1.77 bits per heavy atom. The van der Waals surface area contributed by atoms with Crippen LogP contribution in [0.2, 0.25) is 0 Å². The molecule has 0 aromatic carbocycles. The molecule has 1 aromatic rings. The smallest absolute Gasteiger partial charge is 0.0492 e. The molecule has 3 heteroatoms. The van der Waals surface area contributed by atoms with E-state index in [4.69, 9.17) is 5.73 Å². The summed E-state index contributed by atoms with van der Waals surface area (Å²) in [6.07, 6.45) is 6.55. The molecule has 0 amide bonds. The van der Waals surface area contributed by atoms with Crippen LogP contribution in [0.5, 0.6) is 0 Å². The van der Waals surface area contributed by atoms with Gasteiger partial charge in [-0.1, -0.05) is 6.08 Å². The number of nitrogens with zero attached hydrogens (tertiary/aromatic N) is 2. The maximum atomic E-state index is 5.85. The first-order chi connectivity index (χ1) is 6.24. The minimum atomic E-state index is 0.229. The van der Waals surface area contributed by atoms with Crippen molar-refractivity contribution in [3.05, 3.63) is 30.6 Å². The van der Waals surface area contributed by atoms with E-state index in [-0.39, 0.29) is 6.04 Å². The second-order valence-electron chi connectivity index (χ2n) is 3.27. The second kappa shape index (κ2) is 4.82. The Bertz CT molecular complexity index is 265. The average molecular weight is 179 g/mol. The van der Waals surface area contributed by atoms with Gasteiger partial charge in [-0.05, 0) is 25.3 Å². The van der Waals surface area contributed by atoms with Gasteiger partial charge >= 0.3 is 0 Å². The van der Waals surface area contributed by atoms with Gasteiger partial charge in [-0.2, -0.15) is 5.10 Å². The maximum absolute atomic E-state index is 5.85. The molecule has 0 aliphatic carbocycles. The molecular formula is C10H17N3. The highest BCUT2D eigenvalue weighted by atomic mass is 15.2. The topological polar surface area (TPSA) is 43.8 Å². The number of aryl methyl sites for hydroxylation is 2. The van der Waals surface area contributed by atoms with Crippen molar-refractivity contribution in [1.82, 2.24) is 9.78 Å². The minimum absolute atomic E-state index is 0.229. The van der Waals surface area contributed by atoms with Gasteiger partial charge in [0.25, 0.3) is 0 Å². The van der Waals surface area contributed by atoms with E-state index in [0.717, 1.165) is 19.3 Å². The molecule has 72 valence electrons. The van der Waals surface area contributed by atoms with Crippen molar-refractivity contribution >= 4 is 0 Å². The lowest BCUT2D eigenvalue weighted by Crippen LogP contribution is -2.20. The largest absolute Gasteiger partial charge is 0.327 e. The predicted octanol–water partition coefficient (Wildman–Crippen LogP) is 1.26. The molecule has 1 heterocycles. The third-order valence-corrected chi connectivity index (χ3v) is 2.16. The van der Waals surface area contributed by atoms with Crippen LogP contribution in [0.3, 0.4) is 0 Å². The highest BCUT2D eigenvalue weighted by molar-refractivity contribution is 5.00. The first-order valence-electron chi connectivity index (χ1n) is 4.57. The zero-order valence-electron chi connectivity index (χ0n) is 8.11. The van der Waals surface area contributed by atoms with Crippen LogP contribution in [0, 0.1) is 0 Å². The lowest BCUT2D eigenvalue weighted by Gasteiger charge is -2.08. The molecule has 0 radical (unpaired) electrons. The molecule has 0 saturated heterocycles. The van der Waals surface area contributed by atoms with E-state index in [1.165, 1.54) is 5.69 Å². The van der Waals surface area contributed by atoms with E-state index in [1.54, 1.807) is 0 Å². The Hall–Kier alpha value is -1.09. The van der Waals surface area contributed by atoms with Crippen molar-refractivity contribution in [3.8, 4) is 0 Å². The summed E-state index contributed by atoms with van der Waals surface area (Å²) in [7, 11) is 1.95. The van der Waals surface area contributed by atoms with Crippen LogP contribution in [0.1, 0.15) is 18.5 Å². The summed E-state index contributed by atoms with van der Waals surface area (Å²) in [6, 6.07) is 2.26. The minimum Gasteiger partial charge on any atom is -0.327 e. The fourth-order valence-corrected chi connectivity index (χ4v) is 1.31. The van der Waals surface area contributed by atoms with Gasteiger partial charge in [0, 0.05) is 25.0 Å². The van der Waals surface area contributed by atoms with E-state index in [9.17, 15) is 0 Å². The van der Waals surface area contributed by atoms with Crippen LogP contribution in [0.4, 0.5) is 0 Å². The molecule has 0 spiro atoms. The van der Waals surface area contributed by atoms with Crippen molar-refractivity contribution in [2.45, 2.75) is 25.3 Å². The van der Waals surface area contributed by atoms with Gasteiger partial charge in [0.05, 0.1) is 0 Å². The SMILES string of the molecule is C=CCC(N)CCc1ccnn1C. The molecule has 3 nitrogen and oxygen atoms in total. The lowest BCUT2D eigenvalue weighted by atomic mass is 10.1. The fraction of sp³-hybridized carbons (Fsp3) is 0.500. The van der Waals surface area contributed by atoms with E-state index >= 15 is 0 Å². The van der Waals surface area contributed by atoms with Crippen LogP contribution in [-0.4, -0.2) is 15.8 Å². The Kier molecular flexibility index (Phi) is 3.71. The van der Waals surface area contributed by atoms with Crippen LogP contribution in [-0.2, 0) is 13.5 Å². The number of aromatic nitrogens is 2. The fourth-order valence-electron chi connectivity index (χ4n) is 1.31. The zero-order chi connectivity index (χ0) is 9.68. The average Bonchev–Trinajstić information content (AvgIpc) is 2.48. The number of hydrogen-bond acceptors (Lipinski definition) is 2. The van der Waals surface area contributed by atoms with Crippen LogP contribution in [0.25, 0.3) is 0 Å². The Morgan fingerprint density at radius 3 is 3.08 bits per heavy atom. The molecule has 0 saturated carbocycles. The highest BCUT2D eigenvalue weighted by Gasteiger charge is 2.03. The molecule has 1 atom stereocenters. The van der Waals surface area contributed by atoms with E-state index in [0.29, 0.717) is 0 Å². The molecule has 13 heavy (non-hydrogen) atoms. The molecule has 2 N–H and O–H groups in total. The zero-order valence-corrected chi connectivity index (χ0v) is 8.11. The number of rotatable bonds is 5. The van der Waals surface area contributed by atoms with Crippen molar-refractivity contribution in [1.29, 1.82) is 0 Å². The number of hydrogen-bond donors (Lipinski definition) is 1. The quantitative estimate of drug-likeness (QED) is 0.691. The third-order valence-electron chi connectivity index (χ3n) is 2.16. The summed E-state index contributed by atoms with van der Waals surface area (Å²) >= 11 is 0. The van der Waals surface area contributed by atoms with E-state index in [2.05, 4.69) is 11.7 Å². The summed E-state index contributed by atoms with van der Waals surface area (Å²) in [6.45, 7) is 3.67. The van der Waals surface area contributed by atoms with Crippen LogP contribution in [0.15, 0.2) is 24.9 Å². The standard InChI is InChI=1S/C10H17N3/c1-3-4-9(11)5-6-10-7-8-12-13(10)2/h3,7-9H,1,4-6,11H2,2H3. The van der Waals surface area contributed by atoms with E-state index < -0.39 is 0 Å². The molecule has 0 fully saturated rings. The van der Waals surface area contributed by atoms with Crippen molar-refractivity contribution < 1.29 is 0 Å². The van der Waals surface area contributed by atoms with Gasteiger partial charge in [-0.3, -0.25) is 4.68 Å². The Labute approximate surface area is 79.2 Å². The molecule has 1 unspecified atom stereocenters. The Morgan fingerprint density at radius 2 is 2.54 bits per heavy atom. The summed E-state index contributed by atoms with van der Waals surface area (Å²) in [5, 5.41) is 4.10. The van der Waals surface area contributed by atoms with Gasteiger partial charge in [0.1, 0.15) is 0 Å². The first-order valence-corrected chi connectivity index (χ1v) is 4.57. The molecule has 1 rings (SSSR count). The monoisotopic (exact) mass is 179 g/mol. The molecule has 1 aromatic heterocycles. The van der Waals surface area contributed by atoms with Crippen LogP contribution < -0.4 is 5.73 Å². The summed E-state index contributed by atoms with van der Waals surface area (Å²) in [5.41, 5.74) is 7.09. The van der Waals surface area contributed by atoms with E-state index in [1.807, 2.05) is 30.1 Å². The third kappa shape index (κ3) is 3.03. The normalized spacial score (nSPS) is 12.8. The molecule has 0 aliphatic heterocycles. The van der Waals surface area contributed by atoms with Gasteiger partial charge in [-0.15, -0.1) is 6.58 Å². The van der Waals surface area contributed by atoms with Gasteiger partial charge < -0.3 is 5.73 Å². The second-order valence-corrected chi connectivity index (χ2v) is 3.27. The molecule has 0 aliphatic rings. The first kappa shape index (κ1) is 9.99. The van der Waals surface area contributed by atoms with Gasteiger partial charge in [0.2, 0.25) is 0 Å². The summed E-state index contributed by atoms with van der Waals surface area (Å²) < 4.78 is 1.89. The van der Waals surface area contributed by atoms with Crippen molar-refractivity contribution in [3.63, 3.8) is 0 Å².